The minimum Gasteiger partial charge on any atom is -0.394 e. The van der Waals surface area contributed by atoms with Crippen molar-refractivity contribution in [3.8, 4) is 0 Å². The Labute approximate surface area is 160 Å². The fourth-order valence-corrected chi connectivity index (χ4v) is 2.74. The number of aryl methyl sites for hydroxylation is 2. The summed E-state index contributed by atoms with van der Waals surface area (Å²) in [4.78, 5) is 24.0. The lowest BCUT2D eigenvalue weighted by Gasteiger charge is -2.18. The second-order valence-corrected chi connectivity index (χ2v) is 6.44. The lowest BCUT2D eigenvalue weighted by molar-refractivity contribution is -0.115. The summed E-state index contributed by atoms with van der Waals surface area (Å²) in [5.41, 5.74) is 3.99. The molecule has 3 amide bonds. The summed E-state index contributed by atoms with van der Waals surface area (Å²) < 4.78 is 0. The van der Waals surface area contributed by atoms with Crippen molar-refractivity contribution in [1.82, 2.24) is 10.6 Å². The van der Waals surface area contributed by atoms with E-state index in [1.54, 1.807) is 6.07 Å². The molecule has 27 heavy (non-hydrogen) atoms. The first-order valence-electron chi connectivity index (χ1n) is 9.10. The van der Waals surface area contributed by atoms with Gasteiger partial charge < -0.3 is 21.1 Å². The van der Waals surface area contributed by atoms with Gasteiger partial charge in [0.2, 0.25) is 5.91 Å². The number of nitrogens with one attached hydrogen (secondary N) is 3. The van der Waals surface area contributed by atoms with Crippen LogP contribution in [-0.2, 0) is 17.6 Å². The van der Waals surface area contributed by atoms with E-state index in [2.05, 4.69) is 16.0 Å². The molecule has 0 fully saturated rings. The van der Waals surface area contributed by atoms with Crippen molar-refractivity contribution < 1.29 is 14.7 Å². The molecule has 2 aromatic carbocycles. The Hall–Kier alpha value is -2.86. The van der Waals surface area contributed by atoms with E-state index in [0.717, 1.165) is 23.1 Å². The molecule has 0 heterocycles. The number of hydrogen-bond donors (Lipinski definition) is 4. The summed E-state index contributed by atoms with van der Waals surface area (Å²) in [6.07, 6.45) is 1.40. The fraction of sp³-hybridized carbons (Fsp3) is 0.333. The predicted molar refractivity (Wildman–Crippen MR) is 107 cm³/mol. The van der Waals surface area contributed by atoms with E-state index >= 15 is 0 Å². The van der Waals surface area contributed by atoms with Crippen LogP contribution in [0.3, 0.4) is 0 Å². The lowest BCUT2D eigenvalue weighted by atomic mass is 10.0. The predicted octanol–water partition coefficient (Wildman–Crippen LogP) is 2.40. The number of amides is 3. The Kier molecular flexibility index (Phi) is 7.82. The van der Waals surface area contributed by atoms with Crippen LogP contribution in [0.15, 0.2) is 48.5 Å². The highest BCUT2D eigenvalue weighted by atomic mass is 16.3. The largest absolute Gasteiger partial charge is 0.394 e. The quantitative estimate of drug-likeness (QED) is 0.576. The number of hydrogen-bond acceptors (Lipinski definition) is 3. The molecule has 0 aromatic heterocycles. The van der Waals surface area contributed by atoms with Crippen LogP contribution in [0.25, 0.3) is 0 Å². The number of anilines is 1. The fourth-order valence-electron chi connectivity index (χ4n) is 2.74. The van der Waals surface area contributed by atoms with Crippen molar-refractivity contribution in [1.29, 1.82) is 0 Å². The van der Waals surface area contributed by atoms with E-state index in [1.165, 1.54) is 0 Å². The van der Waals surface area contributed by atoms with E-state index in [4.69, 9.17) is 0 Å². The molecule has 2 rings (SSSR count). The van der Waals surface area contributed by atoms with E-state index < -0.39 is 12.1 Å². The number of benzene rings is 2. The van der Waals surface area contributed by atoms with Crippen LogP contribution >= 0.6 is 0 Å². The molecule has 4 N–H and O–H groups in total. The van der Waals surface area contributed by atoms with Gasteiger partial charge in [-0.05, 0) is 48.6 Å². The monoisotopic (exact) mass is 369 g/mol. The summed E-state index contributed by atoms with van der Waals surface area (Å²) in [7, 11) is 0. The van der Waals surface area contributed by atoms with Gasteiger partial charge in [0.05, 0.1) is 19.2 Å². The standard InChI is InChI=1S/C21H27N3O3/c1-3-16-8-6-10-18(11-16)23-20(26)13-22-21(27)24-19(14-25)12-17-9-5-4-7-15(17)2/h4-11,19,25H,3,12-14H2,1-2H3,(H,23,26)(H2,22,24,27)/t19-/m1/s1. The molecule has 2 aromatic rings. The van der Waals surface area contributed by atoms with Crippen LogP contribution in [0.5, 0.6) is 0 Å². The SMILES string of the molecule is CCc1cccc(NC(=O)CNC(=O)N[C@@H](CO)Cc2ccccc2C)c1. The highest BCUT2D eigenvalue weighted by Gasteiger charge is 2.14. The van der Waals surface area contributed by atoms with Crippen molar-refractivity contribution in [3.05, 3.63) is 65.2 Å². The van der Waals surface area contributed by atoms with Crippen LogP contribution in [0.1, 0.15) is 23.6 Å². The van der Waals surface area contributed by atoms with Crippen molar-refractivity contribution in [2.45, 2.75) is 32.7 Å². The normalized spacial score (nSPS) is 11.5. The Morgan fingerprint density at radius 1 is 1.11 bits per heavy atom. The molecule has 0 aliphatic rings. The summed E-state index contributed by atoms with van der Waals surface area (Å²) >= 11 is 0. The van der Waals surface area contributed by atoms with Gasteiger partial charge in [0, 0.05) is 5.69 Å². The molecule has 144 valence electrons. The van der Waals surface area contributed by atoms with Gasteiger partial charge in [0.25, 0.3) is 0 Å². The van der Waals surface area contributed by atoms with E-state index in [1.807, 2.05) is 56.3 Å². The molecule has 0 aliphatic carbocycles. The highest BCUT2D eigenvalue weighted by Crippen LogP contribution is 2.11. The Morgan fingerprint density at radius 3 is 2.59 bits per heavy atom. The van der Waals surface area contributed by atoms with Crippen molar-refractivity contribution >= 4 is 17.6 Å². The minimum atomic E-state index is -0.486. The number of rotatable bonds is 8. The smallest absolute Gasteiger partial charge is 0.315 e. The van der Waals surface area contributed by atoms with Crippen LogP contribution in [0, 0.1) is 6.92 Å². The maximum atomic E-state index is 12.0. The maximum absolute atomic E-state index is 12.0. The van der Waals surface area contributed by atoms with Gasteiger partial charge in [-0.25, -0.2) is 4.79 Å². The van der Waals surface area contributed by atoms with Crippen molar-refractivity contribution in [3.63, 3.8) is 0 Å². The third-order valence-corrected chi connectivity index (χ3v) is 4.31. The zero-order valence-electron chi connectivity index (χ0n) is 15.8. The van der Waals surface area contributed by atoms with Gasteiger partial charge in [0.15, 0.2) is 0 Å². The van der Waals surface area contributed by atoms with Crippen LogP contribution in [0.2, 0.25) is 0 Å². The van der Waals surface area contributed by atoms with Crippen LogP contribution < -0.4 is 16.0 Å². The molecule has 0 unspecified atom stereocenters. The zero-order valence-corrected chi connectivity index (χ0v) is 15.8. The van der Waals surface area contributed by atoms with Crippen LogP contribution in [-0.4, -0.2) is 36.2 Å². The Balaban J connectivity index is 1.80. The minimum absolute atomic E-state index is 0.148. The van der Waals surface area contributed by atoms with Crippen molar-refractivity contribution in [2.75, 3.05) is 18.5 Å². The average Bonchev–Trinajstić information content (AvgIpc) is 2.67. The molecule has 6 nitrogen and oxygen atoms in total. The number of urea groups is 1. The zero-order chi connectivity index (χ0) is 19.6. The number of carbonyl (C=O) groups is 2. The first-order chi connectivity index (χ1) is 13.0. The van der Waals surface area contributed by atoms with Crippen LogP contribution in [0.4, 0.5) is 10.5 Å². The molecular weight excluding hydrogens is 342 g/mol. The molecule has 0 radical (unpaired) electrons. The third kappa shape index (κ3) is 6.75. The topological polar surface area (TPSA) is 90.5 Å². The first kappa shape index (κ1) is 20.5. The first-order valence-corrected chi connectivity index (χ1v) is 9.10. The Bertz CT molecular complexity index is 777. The summed E-state index contributed by atoms with van der Waals surface area (Å²) in [5.74, 6) is -0.308. The van der Waals surface area contributed by atoms with Gasteiger partial charge in [0.1, 0.15) is 0 Å². The molecular formula is C21H27N3O3. The lowest BCUT2D eigenvalue weighted by Crippen LogP contribution is -2.46. The molecule has 0 bridgehead atoms. The summed E-state index contributed by atoms with van der Waals surface area (Å²) in [5, 5.41) is 17.5. The van der Waals surface area contributed by atoms with Gasteiger partial charge in [-0.3, -0.25) is 4.79 Å². The number of aliphatic hydroxyl groups is 1. The van der Waals surface area contributed by atoms with E-state index in [9.17, 15) is 14.7 Å². The molecule has 1 atom stereocenters. The van der Waals surface area contributed by atoms with Gasteiger partial charge in [-0.15, -0.1) is 0 Å². The third-order valence-electron chi connectivity index (χ3n) is 4.31. The van der Waals surface area contributed by atoms with Gasteiger partial charge >= 0.3 is 6.03 Å². The summed E-state index contributed by atoms with van der Waals surface area (Å²) in [6, 6.07) is 14.5. The highest BCUT2D eigenvalue weighted by molar-refractivity contribution is 5.94. The molecule has 6 heteroatoms. The number of carbonyl (C=O) groups excluding carboxylic acids is 2. The summed E-state index contributed by atoms with van der Waals surface area (Å²) in [6.45, 7) is 3.70. The average molecular weight is 369 g/mol. The maximum Gasteiger partial charge on any atom is 0.315 e. The second-order valence-electron chi connectivity index (χ2n) is 6.44. The second kappa shape index (κ2) is 10.3. The van der Waals surface area contributed by atoms with Gasteiger partial charge in [-0.1, -0.05) is 43.3 Å². The van der Waals surface area contributed by atoms with Gasteiger partial charge in [-0.2, -0.15) is 0 Å². The molecule has 0 spiro atoms. The van der Waals surface area contributed by atoms with E-state index in [0.29, 0.717) is 12.1 Å². The van der Waals surface area contributed by atoms with Crippen molar-refractivity contribution in [2.24, 2.45) is 0 Å². The van der Waals surface area contributed by atoms with E-state index in [-0.39, 0.29) is 19.1 Å². The molecule has 0 aliphatic heterocycles. The molecule has 0 saturated heterocycles. The Morgan fingerprint density at radius 2 is 1.89 bits per heavy atom. The number of aliphatic hydroxyl groups excluding tert-OH is 1. The molecule has 0 saturated carbocycles.